The van der Waals surface area contributed by atoms with E-state index >= 15 is 0 Å². The summed E-state index contributed by atoms with van der Waals surface area (Å²) in [6, 6.07) is 11.0. The maximum Gasteiger partial charge on any atom is 0.340 e. The number of nitrogens with one attached hydrogen (secondary N) is 1. The fourth-order valence-electron chi connectivity index (χ4n) is 4.96. The van der Waals surface area contributed by atoms with Crippen molar-refractivity contribution in [3.63, 3.8) is 0 Å². The number of benzene rings is 1. The summed E-state index contributed by atoms with van der Waals surface area (Å²) in [5, 5.41) is 8.84. The average molecular weight is 539 g/mol. The minimum absolute atomic E-state index is 0.144. The molecule has 5 aromatic rings. The molecular formula is C31H34N6O3. The molecule has 9 heteroatoms. The number of rotatable bonds is 5. The summed E-state index contributed by atoms with van der Waals surface area (Å²) in [6.45, 7) is 13.2. The van der Waals surface area contributed by atoms with Crippen molar-refractivity contribution in [2.24, 2.45) is 7.05 Å². The number of ether oxygens (including phenoxy) is 1. The molecular weight excluding hydrogens is 504 g/mol. The van der Waals surface area contributed by atoms with Gasteiger partial charge in [-0.1, -0.05) is 12.1 Å². The van der Waals surface area contributed by atoms with Crippen LogP contribution in [-0.4, -0.2) is 35.7 Å². The van der Waals surface area contributed by atoms with Crippen LogP contribution in [0.15, 0.2) is 53.6 Å². The van der Waals surface area contributed by atoms with Crippen molar-refractivity contribution < 1.29 is 9.53 Å². The second-order valence-corrected chi connectivity index (χ2v) is 11.3. The van der Waals surface area contributed by atoms with Crippen LogP contribution in [0.1, 0.15) is 66.5 Å². The third-order valence-corrected chi connectivity index (χ3v) is 6.84. The van der Waals surface area contributed by atoms with Gasteiger partial charge in [0.25, 0.3) is 5.56 Å². The number of aromatic nitrogens is 5. The molecule has 5 rings (SSSR count). The third kappa shape index (κ3) is 4.95. The molecule has 0 spiro atoms. The molecule has 9 nitrogen and oxygen atoms in total. The van der Waals surface area contributed by atoms with Crippen molar-refractivity contribution in [2.45, 2.75) is 60.1 Å². The van der Waals surface area contributed by atoms with Crippen molar-refractivity contribution in [1.29, 1.82) is 0 Å². The standard InChI is InChI=1S/C31H34N6O3/c1-17-13-23(19(3)33-25-12-10-9-11-22(25)30(39)40-31(5,6)7)28-34-26(18(2)29(38)37(28)16-17)21-14-24-20(4)35-36(8)27(24)32-15-21/h9-16,19,33H,1-8H3. The quantitative estimate of drug-likeness (QED) is 0.286. The normalized spacial score (nSPS) is 12.6. The summed E-state index contributed by atoms with van der Waals surface area (Å²) >= 11 is 0. The molecule has 0 amide bonds. The minimum Gasteiger partial charge on any atom is -0.456 e. The molecule has 1 N–H and O–H groups in total. The van der Waals surface area contributed by atoms with Gasteiger partial charge in [0.15, 0.2) is 5.65 Å². The fourth-order valence-corrected chi connectivity index (χ4v) is 4.96. The van der Waals surface area contributed by atoms with Gasteiger partial charge in [0.05, 0.1) is 23.0 Å². The first-order chi connectivity index (χ1) is 18.8. The zero-order chi connectivity index (χ0) is 28.9. The Hall–Kier alpha value is -4.53. The molecule has 1 aromatic carbocycles. The molecule has 0 bridgehead atoms. The molecule has 1 unspecified atom stereocenters. The second-order valence-electron chi connectivity index (χ2n) is 11.3. The lowest BCUT2D eigenvalue weighted by Gasteiger charge is -2.23. The van der Waals surface area contributed by atoms with E-state index in [0.717, 1.165) is 33.4 Å². The van der Waals surface area contributed by atoms with Crippen molar-refractivity contribution in [2.75, 3.05) is 5.32 Å². The molecule has 0 aliphatic rings. The Labute approximate surface area is 232 Å². The highest BCUT2D eigenvalue weighted by Crippen LogP contribution is 2.29. The molecule has 0 radical (unpaired) electrons. The number of pyridine rings is 2. The van der Waals surface area contributed by atoms with Crippen molar-refractivity contribution in [3.05, 3.63) is 87.1 Å². The Bertz CT molecular complexity index is 1840. The van der Waals surface area contributed by atoms with E-state index < -0.39 is 11.6 Å². The van der Waals surface area contributed by atoms with Gasteiger partial charge < -0.3 is 10.1 Å². The summed E-state index contributed by atoms with van der Waals surface area (Å²) in [5.74, 6) is -0.405. The van der Waals surface area contributed by atoms with Gasteiger partial charge in [-0.15, -0.1) is 0 Å². The molecule has 0 saturated heterocycles. The lowest BCUT2D eigenvalue weighted by atomic mass is 10.0. The number of nitrogens with zero attached hydrogens (tertiary/aromatic N) is 5. The number of carbonyl (C=O) groups excluding carboxylic acids is 1. The SMILES string of the molecule is Cc1cc(C(C)Nc2ccccc2C(=O)OC(C)(C)C)c2nc(-c3cnc4c(c3)c(C)nn4C)c(C)c(=O)n2c1. The first-order valence-electron chi connectivity index (χ1n) is 13.3. The molecule has 0 aliphatic carbocycles. The van der Waals surface area contributed by atoms with Crippen LogP contribution >= 0.6 is 0 Å². The van der Waals surface area contributed by atoms with E-state index in [2.05, 4.69) is 15.4 Å². The zero-order valence-corrected chi connectivity index (χ0v) is 24.2. The van der Waals surface area contributed by atoms with Gasteiger partial charge in [0.2, 0.25) is 0 Å². The highest BCUT2D eigenvalue weighted by atomic mass is 16.6. The van der Waals surface area contributed by atoms with Crippen LogP contribution in [0.3, 0.4) is 0 Å². The summed E-state index contributed by atoms with van der Waals surface area (Å²) in [7, 11) is 1.86. The predicted octanol–water partition coefficient (Wildman–Crippen LogP) is 5.70. The van der Waals surface area contributed by atoms with E-state index in [9.17, 15) is 9.59 Å². The van der Waals surface area contributed by atoms with E-state index in [1.807, 2.05) is 78.9 Å². The van der Waals surface area contributed by atoms with Gasteiger partial charge in [-0.2, -0.15) is 5.10 Å². The van der Waals surface area contributed by atoms with Gasteiger partial charge in [0, 0.05) is 47.2 Å². The predicted molar refractivity (Wildman–Crippen MR) is 157 cm³/mol. The molecule has 4 aromatic heterocycles. The van der Waals surface area contributed by atoms with Crippen LogP contribution in [-0.2, 0) is 11.8 Å². The maximum absolute atomic E-state index is 13.6. The Balaban J connectivity index is 1.62. The van der Waals surface area contributed by atoms with Gasteiger partial charge in [0.1, 0.15) is 11.2 Å². The Morgan fingerprint density at radius 2 is 1.80 bits per heavy atom. The number of hydrogen-bond donors (Lipinski definition) is 1. The topological polar surface area (TPSA) is 103 Å². The number of hydrogen-bond acceptors (Lipinski definition) is 7. The number of aryl methyl sites for hydroxylation is 3. The largest absolute Gasteiger partial charge is 0.456 e. The first-order valence-corrected chi connectivity index (χ1v) is 13.3. The molecule has 0 fully saturated rings. The monoisotopic (exact) mass is 538 g/mol. The summed E-state index contributed by atoms with van der Waals surface area (Å²) < 4.78 is 8.97. The van der Waals surface area contributed by atoms with Crippen LogP contribution in [0.5, 0.6) is 0 Å². The highest BCUT2D eigenvalue weighted by molar-refractivity contribution is 5.96. The number of anilines is 1. The number of fused-ring (bicyclic) bond motifs is 2. The smallest absolute Gasteiger partial charge is 0.340 e. The molecule has 0 aliphatic heterocycles. The molecule has 1 atom stereocenters. The minimum atomic E-state index is -0.617. The second kappa shape index (κ2) is 9.89. The number of esters is 1. The van der Waals surface area contributed by atoms with Crippen LogP contribution in [0.2, 0.25) is 0 Å². The van der Waals surface area contributed by atoms with Gasteiger partial charge >= 0.3 is 5.97 Å². The Morgan fingerprint density at radius 3 is 2.52 bits per heavy atom. The first kappa shape index (κ1) is 27.1. The van der Waals surface area contributed by atoms with E-state index in [1.165, 1.54) is 0 Å². The third-order valence-electron chi connectivity index (χ3n) is 6.84. The van der Waals surface area contributed by atoms with Gasteiger partial charge in [-0.3, -0.25) is 13.9 Å². The highest BCUT2D eigenvalue weighted by Gasteiger charge is 2.23. The maximum atomic E-state index is 13.6. The van der Waals surface area contributed by atoms with Crippen LogP contribution in [0.25, 0.3) is 27.9 Å². The Kier molecular flexibility index (Phi) is 6.69. The summed E-state index contributed by atoms with van der Waals surface area (Å²) in [5.41, 5.74) is 6.09. The fraction of sp³-hybridized carbons (Fsp3) is 0.323. The van der Waals surface area contributed by atoms with Gasteiger partial charge in [-0.05, 0) is 78.3 Å². The van der Waals surface area contributed by atoms with E-state index in [0.29, 0.717) is 28.2 Å². The van der Waals surface area contributed by atoms with E-state index in [4.69, 9.17) is 9.72 Å². The lowest BCUT2D eigenvalue weighted by Crippen LogP contribution is -2.25. The molecule has 4 heterocycles. The van der Waals surface area contributed by atoms with Crippen molar-refractivity contribution >= 4 is 28.3 Å². The lowest BCUT2D eigenvalue weighted by molar-refractivity contribution is 0.00706. The average Bonchev–Trinajstić information content (AvgIpc) is 3.17. The van der Waals surface area contributed by atoms with Gasteiger partial charge in [-0.25, -0.2) is 14.8 Å². The van der Waals surface area contributed by atoms with Crippen LogP contribution < -0.4 is 10.9 Å². The van der Waals surface area contributed by atoms with Crippen LogP contribution in [0.4, 0.5) is 5.69 Å². The Morgan fingerprint density at radius 1 is 1.07 bits per heavy atom. The van der Waals surface area contributed by atoms with E-state index in [1.54, 1.807) is 34.5 Å². The van der Waals surface area contributed by atoms with Crippen molar-refractivity contribution in [1.82, 2.24) is 24.1 Å². The van der Waals surface area contributed by atoms with Crippen LogP contribution in [0, 0.1) is 20.8 Å². The summed E-state index contributed by atoms with van der Waals surface area (Å²) in [6.07, 6.45) is 3.54. The summed E-state index contributed by atoms with van der Waals surface area (Å²) in [4.78, 5) is 36.2. The zero-order valence-electron chi connectivity index (χ0n) is 24.2. The number of para-hydroxylation sites is 1. The molecule has 0 saturated carbocycles. The van der Waals surface area contributed by atoms with Crippen molar-refractivity contribution in [3.8, 4) is 11.3 Å². The van der Waals surface area contributed by atoms with E-state index in [-0.39, 0.29) is 11.6 Å². The number of carbonyl (C=O) groups is 1. The molecule has 206 valence electrons. The molecule has 40 heavy (non-hydrogen) atoms.